The van der Waals surface area contributed by atoms with Crippen molar-refractivity contribution < 1.29 is 9.32 Å². The lowest BCUT2D eigenvalue weighted by Crippen LogP contribution is -2.46. The Hall–Kier alpha value is -1.32. The molecule has 1 aromatic heterocycles. The zero-order valence-electron chi connectivity index (χ0n) is 16.0. The van der Waals surface area contributed by atoms with Crippen molar-refractivity contribution in [3.05, 3.63) is 17.5 Å². The summed E-state index contributed by atoms with van der Waals surface area (Å²) in [4.78, 5) is 17.7. The quantitative estimate of drug-likeness (QED) is 0.358. The molecule has 7 nitrogen and oxygen atoms in total. The molecule has 0 aliphatic carbocycles. The lowest BCUT2D eigenvalue weighted by molar-refractivity contribution is -0.119. The fourth-order valence-corrected chi connectivity index (χ4v) is 3.52. The topological polar surface area (TPSA) is 96.8 Å². The fourth-order valence-electron chi connectivity index (χ4n) is 3.52. The van der Waals surface area contributed by atoms with Gasteiger partial charge in [0.15, 0.2) is 11.7 Å². The minimum atomic E-state index is -0.231. The van der Waals surface area contributed by atoms with Gasteiger partial charge in [-0.05, 0) is 31.6 Å². The Bertz CT molecular complexity index is 586. The molecule has 0 saturated carbocycles. The number of halogens is 1. The standard InChI is InChI=1S/C18H31N5O2.HI/c1-4-14(5-2)16-10-15(25-22-16)11-21-18(20-3)23-8-6-7-13(12-23)9-17(19)24;/h10,13-14H,4-9,11-12H2,1-3H3,(H2,19,24)(H,20,21);1H. The Morgan fingerprint density at radius 2 is 2.23 bits per heavy atom. The van der Waals surface area contributed by atoms with Crippen LogP contribution in [0.5, 0.6) is 0 Å². The number of nitrogens with two attached hydrogens (primary N) is 1. The van der Waals surface area contributed by atoms with Crippen molar-refractivity contribution in [2.24, 2.45) is 16.6 Å². The molecule has 2 heterocycles. The van der Waals surface area contributed by atoms with E-state index in [-0.39, 0.29) is 29.9 Å². The van der Waals surface area contributed by atoms with Gasteiger partial charge >= 0.3 is 0 Å². The molecule has 1 aliphatic heterocycles. The number of hydrogen-bond acceptors (Lipinski definition) is 4. The van der Waals surface area contributed by atoms with Crippen molar-refractivity contribution in [1.29, 1.82) is 0 Å². The van der Waals surface area contributed by atoms with Gasteiger partial charge in [-0.1, -0.05) is 19.0 Å². The first kappa shape index (κ1) is 22.7. The van der Waals surface area contributed by atoms with Crippen LogP contribution >= 0.6 is 24.0 Å². The van der Waals surface area contributed by atoms with E-state index < -0.39 is 0 Å². The molecule has 1 atom stereocenters. The Balaban J connectivity index is 0.00000338. The van der Waals surface area contributed by atoms with Gasteiger partial charge in [-0.3, -0.25) is 9.79 Å². The van der Waals surface area contributed by atoms with Gasteiger partial charge in [0.1, 0.15) is 0 Å². The third kappa shape index (κ3) is 6.44. The van der Waals surface area contributed by atoms with Crippen LogP contribution in [0.3, 0.4) is 0 Å². The molecule has 3 N–H and O–H groups in total. The summed E-state index contributed by atoms with van der Waals surface area (Å²) in [5.74, 6) is 2.17. The molecule has 1 amide bonds. The first-order valence-corrected chi connectivity index (χ1v) is 9.26. The summed E-state index contributed by atoms with van der Waals surface area (Å²) in [6, 6.07) is 2.03. The summed E-state index contributed by atoms with van der Waals surface area (Å²) in [5, 5.41) is 7.54. The summed E-state index contributed by atoms with van der Waals surface area (Å²) in [6.07, 6.45) is 4.64. The van der Waals surface area contributed by atoms with E-state index >= 15 is 0 Å². The maximum absolute atomic E-state index is 11.2. The molecular formula is C18H32IN5O2. The van der Waals surface area contributed by atoms with E-state index in [4.69, 9.17) is 10.3 Å². The smallest absolute Gasteiger partial charge is 0.217 e. The van der Waals surface area contributed by atoms with Gasteiger partial charge in [-0.25, -0.2) is 0 Å². The van der Waals surface area contributed by atoms with Crippen molar-refractivity contribution in [2.45, 2.75) is 58.4 Å². The highest BCUT2D eigenvalue weighted by Crippen LogP contribution is 2.22. The number of aliphatic imine (C=N–C) groups is 1. The zero-order valence-corrected chi connectivity index (χ0v) is 18.4. The molecule has 26 heavy (non-hydrogen) atoms. The molecule has 8 heteroatoms. The first-order chi connectivity index (χ1) is 12.1. The van der Waals surface area contributed by atoms with Gasteiger partial charge < -0.3 is 20.5 Å². The van der Waals surface area contributed by atoms with Crippen molar-refractivity contribution >= 4 is 35.8 Å². The lowest BCUT2D eigenvalue weighted by Gasteiger charge is -2.34. The molecule has 0 bridgehead atoms. The molecule has 0 aromatic carbocycles. The number of rotatable bonds is 7. The van der Waals surface area contributed by atoms with Crippen LogP contribution in [0.2, 0.25) is 0 Å². The first-order valence-electron chi connectivity index (χ1n) is 9.26. The van der Waals surface area contributed by atoms with Crippen molar-refractivity contribution in [3.8, 4) is 0 Å². The third-order valence-corrected chi connectivity index (χ3v) is 4.92. The molecule has 1 aliphatic rings. The number of nitrogens with zero attached hydrogens (tertiary/aromatic N) is 3. The maximum atomic E-state index is 11.2. The van der Waals surface area contributed by atoms with E-state index in [9.17, 15) is 4.79 Å². The second-order valence-corrected chi connectivity index (χ2v) is 6.76. The number of piperidine rings is 1. The van der Waals surface area contributed by atoms with E-state index in [2.05, 4.69) is 34.2 Å². The second kappa shape index (κ2) is 11.4. The van der Waals surface area contributed by atoms with Crippen LogP contribution in [0.15, 0.2) is 15.6 Å². The minimum absolute atomic E-state index is 0. The number of carbonyl (C=O) groups is 1. The summed E-state index contributed by atoms with van der Waals surface area (Å²) in [6.45, 7) is 6.63. The predicted octanol–water partition coefficient (Wildman–Crippen LogP) is 2.86. The van der Waals surface area contributed by atoms with E-state index in [1.807, 2.05) is 6.07 Å². The average Bonchev–Trinajstić information content (AvgIpc) is 3.05. The summed E-state index contributed by atoms with van der Waals surface area (Å²) in [7, 11) is 1.77. The van der Waals surface area contributed by atoms with Crippen LogP contribution in [-0.2, 0) is 11.3 Å². The minimum Gasteiger partial charge on any atom is -0.370 e. The average molecular weight is 477 g/mol. The largest absolute Gasteiger partial charge is 0.370 e. The van der Waals surface area contributed by atoms with E-state index in [1.54, 1.807) is 7.05 Å². The molecule has 1 saturated heterocycles. The van der Waals surface area contributed by atoms with Crippen LogP contribution in [0.1, 0.15) is 63.3 Å². The molecule has 1 aromatic rings. The predicted molar refractivity (Wildman–Crippen MR) is 114 cm³/mol. The number of hydrogen-bond donors (Lipinski definition) is 2. The molecular weight excluding hydrogens is 445 g/mol. The number of likely N-dealkylation sites (tertiary alicyclic amines) is 1. The van der Waals surface area contributed by atoms with Crippen molar-refractivity contribution in [2.75, 3.05) is 20.1 Å². The maximum Gasteiger partial charge on any atom is 0.217 e. The van der Waals surface area contributed by atoms with Gasteiger partial charge in [0.2, 0.25) is 5.91 Å². The van der Waals surface area contributed by atoms with Crippen LogP contribution in [-0.4, -0.2) is 42.1 Å². The van der Waals surface area contributed by atoms with Gasteiger partial charge in [0, 0.05) is 38.5 Å². The highest BCUT2D eigenvalue weighted by molar-refractivity contribution is 14.0. The normalized spacial score (nSPS) is 17.9. The highest BCUT2D eigenvalue weighted by atomic mass is 127. The van der Waals surface area contributed by atoms with E-state index in [1.165, 1.54) is 0 Å². The lowest BCUT2D eigenvalue weighted by atomic mass is 9.95. The van der Waals surface area contributed by atoms with Crippen molar-refractivity contribution in [3.63, 3.8) is 0 Å². The molecule has 148 valence electrons. The van der Waals surface area contributed by atoms with Crippen molar-refractivity contribution in [1.82, 2.24) is 15.4 Å². The Labute approximate surface area is 173 Å². The van der Waals surface area contributed by atoms with Gasteiger partial charge in [0.05, 0.1) is 12.2 Å². The van der Waals surface area contributed by atoms with Crippen LogP contribution in [0.25, 0.3) is 0 Å². The highest BCUT2D eigenvalue weighted by Gasteiger charge is 2.23. The number of guanidine groups is 1. The number of amides is 1. The summed E-state index contributed by atoms with van der Waals surface area (Å²) >= 11 is 0. The Morgan fingerprint density at radius 3 is 2.85 bits per heavy atom. The van der Waals surface area contributed by atoms with E-state index in [0.717, 1.165) is 56.2 Å². The molecule has 0 spiro atoms. The van der Waals surface area contributed by atoms with E-state index in [0.29, 0.717) is 24.8 Å². The zero-order chi connectivity index (χ0) is 18.2. The third-order valence-electron chi connectivity index (χ3n) is 4.92. The molecule has 2 rings (SSSR count). The van der Waals surface area contributed by atoms with Gasteiger partial charge in [-0.2, -0.15) is 0 Å². The number of aromatic nitrogens is 1. The van der Waals surface area contributed by atoms with Gasteiger partial charge in [-0.15, -0.1) is 24.0 Å². The van der Waals surface area contributed by atoms with Crippen LogP contribution < -0.4 is 11.1 Å². The monoisotopic (exact) mass is 477 g/mol. The summed E-state index contributed by atoms with van der Waals surface area (Å²) < 4.78 is 5.46. The Kier molecular flexibility index (Phi) is 9.97. The second-order valence-electron chi connectivity index (χ2n) is 6.76. The van der Waals surface area contributed by atoms with Crippen LogP contribution in [0.4, 0.5) is 0 Å². The summed E-state index contributed by atoms with van der Waals surface area (Å²) in [5.41, 5.74) is 6.36. The van der Waals surface area contributed by atoms with Crippen LogP contribution in [0, 0.1) is 5.92 Å². The number of primary amides is 1. The van der Waals surface area contributed by atoms with Gasteiger partial charge in [0.25, 0.3) is 0 Å². The fraction of sp³-hybridized carbons (Fsp3) is 0.722. The Morgan fingerprint density at radius 1 is 1.50 bits per heavy atom. The molecule has 1 fully saturated rings. The SMILES string of the molecule is CCC(CC)c1cc(CNC(=NC)N2CCCC(CC(N)=O)C2)on1.I. The number of nitrogens with one attached hydrogen (secondary N) is 1. The number of carbonyl (C=O) groups excluding carboxylic acids is 1. The molecule has 0 radical (unpaired) electrons. The molecule has 1 unspecified atom stereocenters.